The van der Waals surface area contributed by atoms with Gasteiger partial charge in [0.15, 0.2) is 6.29 Å². The van der Waals surface area contributed by atoms with E-state index in [1.54, 1.807) is 0 Å². The molecule has 1 saturated heterocycles. The quantitative estimate of drug-likeness (QED) is 0.745. The highest BCUT2D eigenvalue weighted by Crippen LogP contribution is 2.36. The van der Waals surface area contributed by atoms with E-state index in [1.165, 1.54) is 12.8 Å². The Hall–Kier alpha value is -0.830. The molecule has 1 aromatic carbocycles. The van der Waals surface area contributed by atoms with E-state index in [0.29, 0.717) is 5.41 Å². The van der Waals surface area contributed by atoms with Gasteiger partial charge < -0.3 is 4.90 Å². The molecule has 1 aromatic rings. The van der Waals surface area contributed by atoms with Crippen LogP contribution in [0.25, 0.3) is 0 Å². The number of carbonyl (C=O) groups is 1. The van der Waals surface area contributed by atoms with Crippen LogP contribution in [0.4, 0.5) is 5.69 Å². The van der Waals surface area contributed by atoms with Crippen LogP contribution in [-0.4, -0.2) is 19.4 Å². The smallest absolute Gasteiger partial charge is 0.152 e. The van der Waals surface area contributed by atoms with E-state index in [0.717, 1.165) is 41.0 Å². The van der Waals surface area contributed by atoms with Crippen LogP contribution in [0.15, 0.2) is 22.7 Å². The number of hydrogen-bond donors (Lipinski definition) is 0. The molecular weight excluding hydrogens is 302 g/mol. The first-order chi connectivity index (χ1) is 8.91. The van der Waals surface area contributed by atoms with Crippen molar-refractivity contribution in [2.45, 2.75) is 33.6 Å². The van der Waals surface area contributed by atoms with E-state index in [1.807, 2.05) is 12.1 Å². The summed E-state index contributed by atoms with van der Waals surface area (Å²) in [6, 6.07) is 5.87. The zero-order valence-electron chi connectivity index (χ0n) is 11.9. The van der Waals surface area contributed by atoms with Gasteiger partial charge in [-0.3, -0.25) is 4.79 Å². The van der Waals surface area contributed by atoms with E-state index in [4.69, 9.17) is 0 Å². The van der Waals surface area contributed by atoms with Gasteiger partial charge >= 0.3 is 0 Å². The Labute approximate surface area is 124 Å². The molecular formula is C16H22BrNO. The highest BCUT2D eigenvalue weighted by Gasteiger charge is 2.29. The molecule has 104 valence electrons. The summed E-state index contributed by atoms with van der Waals surface area (Å²) in [7, 11) is 0. The van der Waals surface area contributed by atoms with Crippen LogP contribution >= 0.6 is 15.9 Å². The van der Waals surface area contributed by atoms with Crippen LogP contribution in [0.2, 0.25) is 0 Å². The van der Waals surface area contributed by atoms with Gasteiger partial charge in [-0.2, -0.15) is 0 Å². The average Bonchev–Trinajstić information content (AvgIpc) is 2.38. The van der Waals surface area contributed by atoms with Crippen molar-refractivity contribution in [2.24, 2.45) is 11.3 Å². The zero-order chi connectivity index (χ0) is 14.0. The molecule has 1 aliphatic rings. The van der Waals surface area contributed by atoms with Crippen molar-refractivity contribution in [1.82, 2.24) is 0 Å². The monoisotopic (exact) mass is 323 g/mol. The molecule has 1 heterocycles. The minimum absolute atomic E-state index is 0.386. The fourth-order valence-electron chi connectivity index (χ4n) is 2.88. The number of nitrogens with zero attached hydrogens (tertiary/aromatic N) is 1. The van der Waals surface area contributed by atoms with Crippen LogP contribution in [0.1, 0.15) is 44.0 Å². The molecule has 3 heteroatoms. The number of carbonyl (C=O) groups excluding carboxylic acids is 1. The van der Waals surface area contributed by atoms with Crippen molar-refractivity contribution >= 4 is 27.9 Å². The fraction of sp³-hybridized carbons (Fsp3) is 0.562. The molecule has 1 fully saturated rings. The van der Waals surface area contributed by atoms with Crippen LogP contribution in [0.3, 0.4) is 0 Å². The van der Waals surface area contributed by atoms with Gasteiger partial charge in [-0.1, -0.05) is 36.7 Å². The first-order valence-corrected chi connectivity index (χ1v) is 7.71. The first-order valence-electron chi connectivity index (χ1n) is 6.91. The second kappa shape index (κ2) is 5.66. The van der Waals surface area contributed by atoms with Crippen molar-refractivity contribution in [1.29, 1.82) is 0 Å². The summed E-state index contributed by atoms with van der Waals surface area (Å²) in [6.45, 7) is 9.05. The Morgan fingerprint density at radius 1 is 1.26 bits per heavy atom. The summed E-state index contributed by atoms with van der Waals surface area (Å²) < 4.78 is 1.03. The van der Waals surface area contributed by atoms with E-state index >= 15 is 0 Å². The predicted octanol–water partition coefficient (Wildman–Crippen LogP) is 4.52. The molecule has 0 amide bonds. The predicted molar refractivity (Wildman–Crippen MR) is 83.9 cm³/mol. The normalized spacial score (nSPS) is 17.6. The second-order valence-electron chi connectivity index (χ2n) is 6.45. The minimum atomic E-state index is 0.386. The van der Waals surface area contributed by atoms with Gasteiger partial charge in [-0.05, 0) is 42.4 Å². The number of halogens is 1. The van der Waals surface area contributed by atoms with Gasteiger partial charge in [0.1, 0.15) is 0 Å². The maximum Gasteiger partial charge on any atom is 0.152 e. The Bertz CT molecular complexity index is 456. The number of anilines is 1. The number of benzene rings is 1. The Morgan fingerprint density at radius 2 is 1.89 bits per heavy atom. The maximum atomic E-state index is 11.2. The van der Waals surface area contributed by atoms with Gasteiger partial charge in [-0.15, -0.1) is 0 Å². The van der Waals surface area contributed by atoms with Crippen LogP contribution in [-0.2, 0) is 0 Å². The second-order valence-corrected chi connectivity index (χ2v) is 7.36. The third-order valence-corrected chi connectivity index (χ3v) is 4.67. The lowest BCUT2D eigenvalue weighted by atomic mass is 9.75. The molecule has 0 spiro atoms. The summed E-state index contributed by atoms with van der Waals surface area (Å²) in [5.74, 6) is 0.774. The molecule has 1 aliphatic heterocycles. The summed E-state index contributed by atoms with van der Waals surface area (Å²) in [5.41, 5.74) is 2.24. The van der Waals surface area contributed by atoms with E-state index in [-0.39, 0.29) is 0 Å². The maximum absolute atomic E-state index is 11.2. The van der Waals surface area contributed by atoms with Gasteiger partial charge in [0.25, 0.3) is 0 Å². The molecule has 0 saturated carbocycles. The van der Waals surface area contributed by atoms with Crippen molar-refractivity contribution in [2.75, 3.05) is 18.0 Å². The Kier molecular flexibility index (Phi) is 4.34. The van der Waals surface area contributed by atoms with Crippen molar-refractivity contribution in [3.05, 3.63) is 28.2 Å². The van der Waals surface area contributed by atoms with Crippen LogP contribution in [0, 0.1) is 11.3 Å². The SMILES string of the molecule is CC(C)(C)C1CCN(c2cc(Br)ccc2C=O)CC1. The van der Waals surface area contributed by atoms with E-state index < -0.39 is 0 Å². The molecule has 0 unspecified atom stereocenters. The highest BCUT2D eigenvalue weighted by atomic mass is 79.9. The van der Waals surface area contributed by atoms with Gasteiger partial charge in [0, 0.05) is 28.8 Å². The summed E-state index contributed by atoms with van der Waals surface area (Å²) in [4.78, 5) is 13.5. The minimum Gasteiger partial charge on any atom is -0.371 e. The third-order valence-electron chi connectivity index (χ3n) is 4.18. The van der Waals surface area contributed by atoms with Gasteiger partial charge in [0.05, 0.1) is 0 Å². The van der Waals surface area contributed by atoms with Crippen molar-refractivity contribution in [3.8, 4) is 0 Å². The Morgan fingerprint density at radius 3 is 2.42 bits per heavy atom. The fourth-order valence-corrected chi connectivity index (χ4v) is 3.23. The summed E-state index contributed by atoms with van der Waals surface area (Å²) >= 11 is 3.49. The number of hydrogen-bond acceptors (Lipinski definition) is 2. The van der Waals surface area contributed by atoms with Gasteiger partial charge in [0.2, 0.25) is 0 Å². The van der Waals surface area contributed by atoms with Gasteiger partial charge in [-0.25, -0.2) is 0 Å². The lowest BCUT2D eigenvalue weighted by Crippen LogP contribution is -2.38. The molecule has 19 heavy (non-hydrogen) atoms. The van der Waals surface area contributed by atoms with E-state index in [2.05, 4.69) is 47.7 Å². The van der Waals surface area contributed by atoms with Crippen molar-refractivity contribution < 1.29 is 4.79 Å². The average molecular weight is 324 g/mol. The standard InChI is InChI=1S/C16H22BrNO/c1-16(2,3)13-6-8-18(9-7-13)15-10-14(17)5-4-12(15)11-19/h4-5,10-11,13H,6-9H2,1-3H3. The number of aldehydes is 1. The summed E-state index contributed by atoms with van der Waals surface area (Å²) in [5, 5.41) is 0. The summed E-state index contributed by atoms with van der Waals surface area (Å²) in [6.07, 6.45) is 3.36. The molecule has 0 atom stereocenters. The molecule has 0 bridgehead atoms. The van der Waals surface area contributed by atoms with E-state index in [9.17, 15) is 4.79 Å². The first kappa shape index (κ1) is 14.6. The molecule has 0 radical (unpaired) electrons. The lowest BCUT2D eigenvalue weighted by molar-refractivity contribution is 0.112. The largest absolute Gasteiger partial charge is 0.371 e. The molecule has 2 rings (SSSR count). The van der Waals surface area contributed by atoms with Crippen LogP contribution < -0.4 is 4.90 Å². The Balaban J connectivity index is 2.13. The molecule has 0 N–H and O–H groups in total. The lowest BCUT2D eigenvalue weighted by Gasteiger charge is -2.40. The topological polar surface area (TPSA) is 20.3 Å². The number of piperidine rings is 1. The highest BCUT2D eigenvalue weighted by molar-refractivity contribution is 9.10. The van der Waals surface area contributed by atoms with Crippen molar-refractivity contribution in [3.63, 3.8) is 0 Å². The van der Waals surface area contributed by atoms with Crippen LogP contribution in [0.5, 0.6) is 0 Å². The molecule has 0 aromatic heterocycles. The molecule has 2 nitrogen and oxygen atoms in total. The number of rotatable bonds is 2. The zero-order valence-corrected chi connectivity index (χ0v) is 13.5. The molecule has 0 aliphatic carbocycles. The third kappa shape index (κ3) is 3.38.